The molecular weight excluding hydrogens is 314 g/mol. The number of rotatable bonds is 3. The van der Waals surface area contributed by atoms with Crippen molar-refractivity contribution in [3.63, 3.8) is 0 Å². The predicted octanol–water partition coefficient (Wildman–Crippen LogP) is 0.951. The Morgan fingerprint density at radius 2 is 2.04 bits per heavy atom. The van der Waals surface area contributed by atoms with Gasteiger partial charge in [0.15, 0.2) is 0 Å². The van der Waals surface area contributed by atoms with Crippen LogP contribution >= 0.6 is 0 Å². The summed E-state index contributed by atoms with van der Waals surface area (Å²) in [6.45, 7) is 6.02. The number of carbonyl (C=O) groups excluding carboxylic acids is 1. The van der Waals surface area contributed by atoms with E-state index in [-0.39, 0.29) is 16.5 Å². The summed E-state index contributed by atoms with van der Waals surface area (Å²) in [6.07, 6.45) is 2.17. The summed E-state index contributed by atoms with van der Waals surface area (Å²) in [5.41, 5.74) is 6.30. The minimum atomic E-state index is -3.62. The number of piperazine rings is 1. The third-order valence-electron chi connectivity index (χ3n) is 4.96. The zero-order valence-electron chi connectivity index (χ0n) is 13.5. The number of fused-ring (bicyclic) bond motifs is 1. The highest BCUT2D eigenvalue weighted by atomic mass is 32.2. The Bertz CT molecular complexity index is 732. The zero-order chi connectivity index (χ0) is 16.8. The monoisotopic (exact) mass is 337 g/mol. The lowest BCUT2D eigenvalue weighted by Gasteiger charge is -2.41. The molecule has 0 aliphatic carbocycles. The van der Waals surface area contributed by atoms with Crippen molar-refractivity contribution in [1.82, 2.24) is 9.21 Å². The molecule has 3 rings (SSSR count). The summed E-state index contributed by atoms with van der Waals surface area (Å²) in [7, 11) is -3.62. The van der Waals surface area contributed by atoms with E-state index in [4.69, 9.17) is 5.73 Å². The van der Waals surface area contributed by atoms with Crippen molar-refractivity contribution in [2.75, 3.05) is 19.6 Å². The Balaban J connectivity index is 1.95. The first kappa shape index (κ1) is 16.4. The van der Waals surface area contributed by atoms with Gasteiger partial charge in [-0.15, -0.1) is 0 Å². The highest BCUT2D eigenvalue weighted by molar-refractivity contribution is 7.89. The quantitative estimate of drug-likeness (QED) is 0.890. The van der Waals surface area contributed by atoms with Crippen LogP contribution in [-0.2, 0) is 10.0 Å². The number of sulfonamides is 1. The molecule has 1 aromatic rings. The molecule has 0 radical (unpaired) electrons. The normalized spacial score (nSPS) is 26.2. The molecule has 7 heteroatoms. The first-order valence-electron chi connectivity index (χ1n) is 7.97. The molecule has 2 fully saturated rings. The molecule has 23 heavy (non-hydrogen) atoms. The Morgan fingerprint density at radius 3 is 2.74 bits per heavy atom. The van der Waals surface area contributed by atoms with E-state index in [0.717, 1.165) is 25.9 Å². The molecular formula is C16H23N3O3S. The van der Waals surface area contributed by atoms with Crippen LogP contribution in [0.1, 0.15) is 35.7 Å². The number of benzene rings is 1. The molecule has 0 spiro atoms. The molecule has 1 amide bonds. The molecule has 2 atom stereocenters. The maximum atomic E-state index is 13.0. The fraction of sp³-hybridized carbons (Fsp3) is 0.562. The molecule has 0 saturated carbocycles. The van der Waals surface area contributed by atoms with Crippen LogP contribution in [0.15, 0.2) is 23.1 Å². The Hall–Kier alpha value is -1.44. The van der Waals surface area contributed by atoms with Crippen LogP contribution in [0.4, 0.5) is 0 Å². The lowest BCUT2D eigenvalue weighted by molar-refractivity contribution is 0.0999. The van der Waals surface area contributed by atoms with Crippen LogP contribution in [-0.4, -0.2) is 55.2 Å². The molecule has 2 saturated heterocycles. The zero-order valence-corrected chi connectivity index (χ0v) is 14.3. The second kappa shape index (κ2) is 5.89. The average Bonchev–Trinajstić information content (AvgIpc) is 2.93. The third-order valence-corrected chi connectivity index (χ3v) is 6.94. The van der Waals surface area contributed by atoms with Gasteiger partial charge in [-0.3, -0.25) is 9.69 Å². The van der Waals surface area contributed by atoms with Gasteiger partial charge in [0.25, 0.3) is 0 Å². The molecule has 1 aromatic carbocycles. The van der Waals surface area contributed by atoms with Gasteiger partial charge in [0.2, 0.25) is 15.9 Å². The Labute approximate surface area is 137 Å². The largest absolute Gasteiger partial charge is 0.366 e. The van der Waals surface area contributed by atoms with Gasteiger partial charge < -0.3 is 5.73 Å². The van der Waals surface area contributed by atoms with Gasteiger partial charge >= 0.3 is 0 Å². The van der Waals surface area contributed by atoms with Crippen molar-refractivity contribution in [1.29, 1.82) is 0 Å². The number of aryl methyl sites for hydroxylation is 1. The van der Waals surface area contributed by atoms with Crippen LogP contribution in [0, 0.1) is 6.92 Å². The molecule has 2 heterocycles. The summed E-state index contributed by atoms with van der Waals surface area (Å²) in [6, 6.07) is 4.84. The summed E-state index contributed by atoms with van der Waals surface area (Å²) >= 11 is 0. The fourth-order valence-corrected chi connectivity index (χ4v) is 5.34. The number of hydrogen-bond acceptors (Lipinski definition) is 4. The molecule has 2 aliphatic rings. The van der Waals surface area contributed by atoms with Crippen LogP contribution in [0.3, 0.4) is 0 Å². The van der Waals surface area contributed by atoms with Crippen molar-refractivity contribution in [3.8, 4) is 0 Å². The third kappa shape index (κ3) is 2.88. The van der Waals surface area contributed by atoms with Gasteiger partial charge in [0.1, 0.15) is 0 Å². The molecule has 0 bridgehead atoms. The van der Waals surface area contributed by atoms with E-state index in [1.165, 1.54) is 6.07 Å². The van der Waals surface area contributed by atoms with Gasteiger partial charge in [-0.25, -0.2) is 8.42 Å². The second-order valence-corrected chi connectivity index (χ2v) is 8.45. The van der Waals surface area contributed by atoms with Crippen LogP contribution in [0.5, 0.6) is 0 Å². The Kier molecular flexibility index (Phi) is 4.20. The number of nitrogens with two attached hydrogens (primary N) is 1. The van der Waals surface area contributed by atoms with E-state index < -0.39 is 15.9 Å². The maximum Gasteiger partial charge on any atom is 0.249 e. The highest BCUT2D eigenvalue weighted by Crippen LogP contribution is 2.29. The first-order chi connectivity index (χ1) is 10.8. The van der Waals surface area contributed by atoms with E-state index in [2.05, 4.69) is 4.90 Å². The van der Waals surface area contributed by atoms with Crippen LogP contribution in [0.25, 0.3) is 0 Å². The molecule has 2 N–H and O–H groups in total. The Morgan fingerprint density at radius 1 is 1.30 bits per heavy atom. The lowest BCUT2D eigenvalue weighted by atomic mass is 10.1. The number of hydrogen-bond donors (Lipinski definition) is 1. The maximum absolute atomic E-state index is 13.0. The van der Waals surface area contributed by atoms with Gasteiger partial charge in [0.05, 0.1) is 4.90 Å². The fourth-order valence-electron chi connectivity index (χ4n) is 3.66. The minimum Gasteiger partial charge on any atom is -0.366 e. The standard InChI is InChI=1S/C16H23N3O3S/c1-11-5-6-14(8-15(11)16(17)20)23(21,22)19-10-13-4-3-7-18(13)9-12(19)2/h5-6,8,12-13H,3-4,7,9-10H2,1-2H3,(H2,17,20)/t12-,13+/m1/s1. The van der Waals surface area contributed by atoms with Crippen LogP contribution < -0.4 is 5.73 Å². The summed E-state index contributed by atoms with van der Waals surface area (Å²) < 4.78 is 27.6. The number of carbonyl (C=O) groups is 1. The van der Waals surface area contributed by atoms with E-state index >= 15 is 0 Å². The van der Waals surface area contributed by atoms with E-state index in [1.807, 2.05) is 6.92 Å². The van der Waals surface area contributed by atoms with Crippen molar-refractivity contribution < 1.29 is 13.2 Å². The minimum absolute atomic E-state index is 0.0762. The van der Waals surface area contributed by atoms with Crippen molar-refractivity contribution >= 4 is 15.9 Å². The lowest BCUT2D eigenvalue weighted by Crippen LogP contribution is -2.56. The van der Waals surface area contributed by atoms with Crippen LogP contribution in [0.2, 0.25) is 0 Å². The number of amides is 1. The smallest absolute Gasteiger partial charge is 0.249 e. The average molecular weight is 337 g/mol. The van der Waals surface area contributed by atoms with E-state index in [0.29, 0.717) is 18.2 Å². The van der Waals surface area contributed by atoms with Crippen molar-refractivity contribution in [2.24, 2.45) is 5.73 Å². The highest BCUT2D eigenvalue weighted by Gasteiger charge is 2.40. The van der Waals surface area contributed by atoms with Gasteiger partial charge in [0, 0.05) is 30.7 Å². The predicted molar refractivity (Wildman–Crippen MR) is 87.6 cm³/mol. The summed E-state index contributed by atoms with van der Waals surface area (Å²) in [5, 5.41) is 0. The molecule has 0 aromatic heterocycles. The van der Waals surface area contributed by atoms with Gasteiger partial charge in [-0.1, -0.05) is 6.07 Å². The molecule has 0 unspecified atom stereocenters. The van der Waals surface area contributed by atoms with Crippen molar-refractivity contribution in [3.05, 3.63) is 29.3 Å². The molecule has 6 nitrogen and oxygen atoms in total. The van der Waals surface area contributed by atoms with Gasteiger partial charge in [-0.2, -0.15) is 4.31 Å². The second-order valence-electron chi connectivity index (χ2n) is 6.56. The topological polar surface area (TPSA) is 83.7 Å². The first-order valence-corrected chi connectivity index (χ1v) is 9.41. The van der Waals surface area contributed by atoms with E-state index in [1.54, 1.807) is 23.4 Å². The number of primary amides is 1. The van der Waals surface area contributed by atoms with Crippen molar-refractivity contribution in [2.45, 2.75) is 43.7 Å². The van der Waals surface area contributed by atoms with E-state index in [9.17, 15) is 13.2 Å². The number of nitrogens with zero attached hydrogens (tertiary/aromatic N) is 2. The summed E-state index contributed by atoms with van der Waals surface area (Å²) in [5.74, 6) is -0.604. The van der Waals surface area contributed by atoms with Gasteiger partial charge in [-0.05, 0) is 50.9 Å². The SMILES string of the molecule is Cc1ccc(S(=O)(=O)N2C[C@@H]3CCCN3C[C@H]2C)cc1C(N)=O. The summed E-state index contributed by atoms with van der Waals surface area (Å²) in [4.78, 5) is 14.0. The molecule has 126 valence electrons. The molecule has 2 aliphatic heterocycles.